The van der Waals surface area contributed by atoms with Crippen LogP contribution in [-0.4, -0.2) is 10.5 Å². The molecular weight excluding hydrogens is 212 g/mol. The number of aryl methyl sites for hydroxylation is 2. The highest BCUT2D eigenvalue weighted by molar-refractivity contribution is 5.98. The third-order valence-electron chi connectivity index (χ3n) is 3.29. The zero-order valence-electron chi connectivity index (χ0n) is 9.95. The molecule has 3 rings (SSSR count). The molecule has 0 spiro atoms. The Morgan fingerprint density at radius 2 is 2.00 bits per heavy atom. The normalized spacial score (nSPS) is 13.6. The lowest BCUT2D eigenvalue weighted by molar-refractivity contribution is 0.0952. The molecule has 2 aromatic rings. The van der Waals surface area contributed by atoms with Crippen LogP contribution in [0.2, 0.25) is 0 Å². The summed E-state index contributed by atoms with van der Waals surface area (Å²) in [5.41, 5.74) is 5.18. The number of nitrogens with zero attached hydrogens (tertiary/aromatic N) is 1. The number of carbonyl (C=O) groups is 1. The van der Waals surface area contributed by atoms with Gasteiger partial charge in [-0.3, -0.25) is 4.79 Å². The van der Waals surface area contributed by atoms with Gasteiger partial charge in [0.2, 0.25) is 0 Å². The van der Waals surface area contributed by atoms with Gasteiger partial charge in [-0.2, -0.15) is 0 Å². The average Bonchev–Trinajstić information content (AvgIpc) is 2.59. The maximum Gasteiger partial charge on any atom is 0.253 e. The molecule has 0 saturated carbocycles. The van der Waals surface area contributed by atoms with Crippen molar-refractivity contribution in [1.29, 1.82) is 0 Å². The molecule has 0 atom stereocenters. The highest BCUT2D eigenvalue weighted by atomic mass is 16.1. The molecular formula is C14H14N2O. The number of rotatable bonds is 0. The summed E-state index contributed by atoms with van der Waals surface area (Å²) in [5.74, 6) is 0.00630. The van der Waals surface area contributed by atoms with Crippen LogP contribution < -0.4 is 5.32 Å². The Labute approximate surface area is 100 Å². The van der Waals surface area contributed by atoms with E-state index in [0.29, 0.717) is 6.54 Å². The van der Waals surface area contributed by atoms with E-state index in [9.17, 15) is 4.79 Å². The van der Waals surface area contributed by atoms with Gasteiger partial charge in [0.25, 0.3) is 5.91 Å². The summed E-state index contributed by atoms with van der Waals surface area (Å²) in [6.07, 6.45) is 0. The second-order valence-corrected chi connectivity index (χ2v) is 4.46. The van der Waals surface area contributed by atoms with Crippen LogP contribution in [0.3, 0.4) is 0 Å². The zero-order valence-corrected chi connectivity index (χ0v) is 9.95. The Hall–Kier alpha value is -2.03. The van der Waals surface area contributed by atoms with Crippen molar-refractivity contribution in [3.8, 4) is 5.69 Å². The summed E-state index contributed by atoms with van der Waals surface area (Å²) in [5, 5.41) is 2.94. The molecule has 0 aliphatic carbocycles. The maximum atomic E-state index is 12.0. The molecule has 1 aromatic heterocycles. The van der Waals surface area contributed by atoms with Crippen LogP contribution in [0.25, 0.3) is 5.69 Å². The summed E-state index contributed by atoms with van der Waals surface area (Å²) >= 11 is 0. The molecule has 0 radical (unpaired) electrons. The molecule has 1 aliphatic rings. The van der Waals surface area contributed by atoms with Crippen LogP contribution in [0.5, 0.6) is 0 Å². The van der Waals surface area contributed by atoms with Crippen molar-refractivity contribution in [1.82, 2.24) is 9.88 Å². The lowest BCUT2D eigenvalue weighted by Crippen LogP contribution is -2.21. The smallest absolute Gasteiger partial charge is 0.253 e. The largest absolute Gasteiger partial charge is 0.346 e. The fourth-order valence-corrected chi connectivity index (χ4v) is 2.46. The van der Waals surface area contributed by atoms with Crippen molar-refractivity contribution < 1.29 is 4.79 Å². The molecule has 3 heteroatoms. The first kappa shape index (κ1) is 10.1. The Kier molecular flexibility index (Phi) is 2.08. The number of amides is 1. The van der Waals surface area contributed by atoms with Crippen LogP contribution in [0, 0.1) is 13.8 Å². The van der Waals surface area contributed by atoms with Gasteiger partial charge in [-0.1, -0.05) is 12.1 Å². The standard InChI is InChI=1S/C14H14N2O/c1-9-4-3-5-12-13(9)16-10(2)6-7-11(16)8-15-14(12)17/h3-7H,8H2,1-2H3,(H,15,17). The number of aromatic nitrogens is 1. The average molecular weight is 226 g/mol. The van der Waals surface area contributed by atoms with Crippen LogP contribution in [0.1, 0.15) is 27.3 Å². The maximum absolute atomic E-state index is 12.0. The van der Waals surface area contributed by atoms with Gasteiger partial charge in [0.05, 0.1) is 17.8 Å². The molecule has 1 aliphatic heterocycles. The van der Waals surface area contributed by atoms with Crippen LogP contribution >= 0.6 is 0 Å². The Morgan fingerprint density at radius 1 is 1.18 bits per heavy atom. The van der Waals surface area contributed by atoms with Crippen molar-refractivity contribution in [2.45, 2.75) is 20.4 Å². The number of hydrogen-bond acceptors (Lipinski definition) is 1. The summed E-state index contributed by atoms with van der Waals surface area (Å²) in [4.78, 5) is 12.0. The Balaban J connectivity index is 2.40. The fourth-order valence-electron chi connectivity index (χ4n) is 2.46. The summed E-state index contributed by atoms with van der Waals surface area (Å²) < 4.78 is 2.17. The van der Waals surface area contributed by atoms with E-state index in [-0.39, 0.29) is 5.91 Å². The molecule has 0 bridgehead atoms. The Bertz CT molecular complexity index is 611. The van der Waals surface area contributed by atoms with Gasteiger partial charge in [-0.05, 0) is 37.6 Å². The van der Waals surface area contributed by atoms with Gasteiger partial charge in [0, 0.05) is 11.4 Å². The molecule has 86 valence electrons. The molecule has 17 heavy (non-hydrogen) atoms. The third kappa shape index (κ3) is 1.39. The highest BCUT2D eigenvalue weighted by Gasteiger charge is 2.21. The topological polar surface area (TPSA) is 34.0 Å². The number of nitrogens with one attached hydrogen (secondary N) is 1. The van der Waals surface area contributed by atoms with Gasteiger partial charge in [0.1, 0.15) is 0 Å². The van der Waals surface area contributed by atoms with Crippen molar-refractivity contribution in [3.63, 3.8) is 0 Å². The van der Waals surface area contributed by atoms with Gasteiger partial charge < -0.3 is 9.88 Å². The molecule has 2 heterocycles. The minimum atomic E-state index is 0.00630. The van der Waals surface area contributed by atoms with Gasteiger partial charge >= 0.3 is 0 Å². The van der Waals surface area contributed by atoms with E-state index in [1.54, 1.807) is 0 Å². The first-order valence-electron chi connectivity index (χ1n) is 5.74. The van der Waals surface area contributed by atoms with Gasteiger partial charge in [-0.25, -0.2) is 0 Å². The third-order valence-corrected chi connectivity index (χ3v) is 3.29. The summed E-state index contributed by atoms with van der Waals surface area (Å²) in [6, 6.07) is 10.0. The van der Waals surface area contributed by atoms with E-state index >= 15 is 0 Å². The lowest BCUT2D eigenvalue weighted by Gasteiger charge is -2.13. The van der Waals surface area contributed by atoms with E-state index in [4.69, 9.17) is 0 Å². The number of fused-ring (bicyclic) bond motifs is 3. The van der Waals surface area contributed by atoms with E-state index in [2.05, 4.69) is 28.9 Å². The van der Waals surface area contributed by atoms with E-state index in [1.807, 2.05) is 25.1 Å². The predicted molar refractivity (Wildman–Crippen MR) is 66.4 cm³/mol. The summed E-state index contributed by atoms with van der Waals surface area (Å²) in [6.45, 7) is 4.69. The molecule has 1 amide bonds. The SMILES string of the molecule is Cc1cccc2c1-n1c(C)ccc1CNC2=O. The molecule has 0 fully saturated rings. The number of carbonyl (C=O) groups excluding carboxylic acids is 1. The predicted octanol–water partition coefficient (Wildman–Crippen LogP) is 2.34. The minimum absolute atomic E-state index is 0.00630. The first-order valence-corrected chi connectivity index (χ1v) is 5.74. The molecule has 1 N–H and O–H groups in total. The monoisotopic (exact) mass is 226 g/mol. The second-order valence-electron chi connectivity index (χ2n) is 4.46. The molecule has 0 unspecified atom stereocenters. The summed E-state index contributed by atoms with van der Waals surface area (Å²) in [7, 11) is 0. The van der Waals surface area contributed by atoms with Crippen LogP contribution in [0.15, 0.2) is 30.3 Å². The van der Waals surface area contributed by atoms with Crippen molar-refractivity contribution in [2.24, 2.45) is 0 Å². The van der Waals surface area contributed by atoms with Crippen molar-refractivity contribution in [3.05, 3.63) is 52.8 Å². The molecule has 1 aromatic carbocycles. The van der Waals surface area contributed by atoms with Gasteiger partial charge in [0.15, 0.2) is 0 Å². The van der Waals surface area contributed by atoms with Crippen molar-refractivity contribution >= 4 is 5.91 Å². The fraction of sp³-hybridized carbons (Fsp3) is 0.214. The Morgan fingerprint density at radius 3 is 2.82 bits per heavy atom. The van der Waals surface area contributed by atoms with E-state index < -0.39 is 0 Å². The van der Waals surface area contributed by atoms with E-state index in [1.165, 1.54) is 0 Å². The van der Waals surface area contributed by atoms with Crippen molar-refractivity contribution in [2.75, 3.05) is 0 Å². The highest BCUT2D eigenvalue weighted by Crippen LogP contribution is 2.26. The van der Waals surface area contributed by atoms with Crippen LogP contribution in [0.4, 0.5) is 0 Å². The van der Waals surface area contributed by atoms with E-state index in [0.717, 1.165) is 28.2 Å². The molecule has 3 nitrogen and oxygen atoms in total. The number of para-hydroxylation sites is 1. The minimum Gasteiger partial charge on any atom is -0.346 e. The lowest BCUT2D eigenvalue weighted by atomic mass is 10.1. The number of benzene rings is 1. The van der Waals surface area contributed by atoms with Crippen LogP contribution in [-0.2, 0) is 6.54 Å². The quantitative estimate of drug-likeness (QED) is 0.735. The van der Waals surface area contributed by atoms with Gasteiger partial charge in [-0.15, -0.1) is 0 Å². The first-order chi connectivity index (χ1) is 8.18. The second kappa shape index (κ2) is 3.48. The molecule has 0 saturated heterocycles. The zero-order chi connectivity index (χ0) is 12.0. The number of hydrogen-bond donors (Lipinski definition) is 1.